The Hall–Kier alpha value is -2.24. The summed E-state index contributed by atoms with van der Waals surface area (Å²) in [6, 6.07) is 6.91. The second-order valence-electron chi connectivity index (χ2n) is 7.54. The molecule has 2 aliphatic heterocycles. The Morgan fingerprint density at radius 2 is 1.87 bits per heavy atom. The highest BCUT2D eigenvalue weighted by Gasteiger charge is 2.44. The summed E-state index contributed by atoms with van der Waals surface area (Å²) in [6.45, 7) is 2.29. The van der Waals surface area contributed by atoms with Crippen molar-refractivity contribution in [2.24, 2.45) is 0 Å². The molecule has 1 aromatic rings. The smallest absolute Gasteiger partial charge is 0.475 e. The molecule has 2 fully saturated rings. The van der Waals surface area contributed by atoms with Crippen LogP contribution in [0.25, 0.3) is 0 Å². The first-order valence-electron chi connectivity index (χ1n) is 9.71. The minimum atomic E-state index is -5.08. The number of amides is 1. The summed E-state index contributed by atoms with van der Waals surface area (Å²) in [5.74, 6) is -3.02. The predicted molar refractivity (Wildman–Crippen MR) is 102 cm³/mol. The average Bonchev–Trinajstić information content (AvgIpc) is 3.05. The van der Waals surface area contributed by atoms with Crippen LogP contribution in [0.1, 0.15) is 18.4 Å². The van der Waals surface area contributed by atoms with E-state index in [1.807, 2.05) is 12.1 Å². The summed E-state index contributed by atoms with van der Waals surface area (Å²) in [5.41, 5.74) is 1.07. The third-order valence-electron chi connectivity index (χ3n) is 5.04. The number of hydrogen-bond donors (Lipinski definition) is 1. The number of carboxylic acids is 1. The fraction of sp³-hybridized carbons (Fsp3) is 0.600. The molecule has 3 atom stereocenters. The Kier molecular flexibility index (Phi) is 8.78. The summed E-state index contributed by atoms with van der Waals surface area (Å²) in [4.78, 5) is 24.5. The van der Waals surface area contributed by atoms with Gasteiger partial charge in [0.05, 0.1) is 6.10 Å². The number of hydrogen-bond acceptors (Lipinski definition) is 5. The SMILES string of the molecule is CN(C)C(=O)CO[C@H]1CN(Cc2ccc(F)cc2)[C@@H]2CCCO[C@H]12.O=C(O)C(F)(F)F. The summed E-state index contributed by atoms with van der Waals surface area (Å²) < 4.78 is 56.6. The summed E-state index contributed by atoms with van der Waals surface area (Å²) >= 11 is 0. The van der Waals surface area contributed by atoms with Gasteiger partial charge >= 0.3 is 12.1 Å². The van der Waals surface area contributed by atoms with E-state index in [4.69, 9.17) is 19.4 Å². The van der Waals surface area contributed by atoms with Gasteiger partial charge in [-0.05, 0) is 30.5 Å². The summed E-state index contributed by atoms with van der Waals surface area (Å²) in [6.07, 6.45) is -3.08. The quantitative estimate of drug-likeness (QED) is 0.694. The molecule has 1 N–H and O–H groups in total. The lowest BCUT2D eigenvalue weighted by molar-refractivity contribution is -0.192. The van der Waals surface area contributed by atoms with Crippen LogP contribution in [0.2, 0.25) is 0 Å². The molecule has 2 aliphatic rings. The standard InChI is InChI=1S/C18H25FN2O3.C2HF3O2/c1-20(2)17(22)12-24-16-11-21(15-4-3-9-23-18(15)16)10-13-5-7-14(19)8-6-13;3-2(4,5)1(6)7/h5-8,15-16,18H,3-4,9-12H2,1-2H3;(H,6,7)/t15-,16+,18+;/m1./s1. The lowest BCUT2D eigenvalue weighted by Crippen LogP contribution is -2.42. The van der Waals surface area contributed by atoms with Crippen LogP contribution in [0.5, 0.6) is 0 Å². The van der Waals surface area contributed by atoms with Gasteiger partial charge in [0, 0.05) is 39.8 Å². The van der Waals surface area contributed by atoms with Crippen LogP contribution in [-0.4, -0.2) is 85.1 Å². The number of carboxylic acid groups (broad SMARTS) is 1. The first-order valence-corrected chi connectivity index (χ1v) is 9.71. The first-order chi connectivity index (χ1) is 14.5. The molecule has 0 spiro atoms. The monoisotopic (exact) mass is 450 g/mol. The van der Waals surface area contributed by atoms with Crippen LogP contribution in [0.3, 0.4) is 0 Å². The lowest BCUT2D eigenvalue weighted by atomic mass is 10.0. The highest BCUT2D eigenvalue weighted by molar-refractivity contribution is 5.76. The molecule has 0 radical (unpaired) electrons. The van der Waals surface area contributed by atoms with Crippen LogP contribution in [0.15, 0.2) is 24.3 Å². The Balaban J connectivity index is 0.000000423. The van der Waals surface area contributed by atoms with Gasteiger partial charge in [-0.3, -0.25) is 9.69 Å². The fourth-order valence-corrected chi connectivity index (χ4v) is 3.46. The van der Waals surface area contributed by atoms with Crippen LogP contribution in [0.4, 0.5) is 17.6 Å². The zero-order valence-electron chi connectivity index (χ0n) is 17.3. The molecule has 0 unspecified atom stereocenters. The zero-order chi connectivity index (χ0) is 23.2. The van der Waals surface area contributed by atoms with Gasteiger partial charge in [-0.15, -0.1) is 0 Å². The number of likely N-dealkylation sites (N-methyl/N-ethyl adjacent to an activating group) is 1. The number of alkyl halides is 3. The maximum absolute atomic E-state index is 13.1. The number of aliphatic carboxylic acids is 1. The topological polar surface area (TPSA) is 79.3 Å². The van der Waals surface area contributed by atoms with Crippen molar-refractivity contribution in [3.8, 4) is 0 Å². The van der Waals surface area contributed by atoms with E-state index < -0.39 is 12.1 Å². The Labute approximate surface area is 177 Å². The maximum Gasteiger partial charge on any atom is 0.490 e. The van der Waals surface area contributed by atoms with E-state index >= 15 is 0 Å². The van der Waals surface area contributed by atoms with E-state index in [-0.39, 0.29) is 30.5 Å². The molecule has 2 saturated heterocycles. The zero-order valence-corrected chi connectivity index (χ0v) is 17.3. The maximum atomic E-state index is 13.1. The number of nitrogens with zero attached hydrogens (tertiary/aromatic N) is 2. The van der Waals surface area contributed by atoms with Crippen LogP contribution in [-0.2, 0) is 25.6 Å². The van der Waals surface area contributed by atoms with Gasteiger partial charge in [-0.1, -0.05) is 12.1 Å². The third kappa shape index (κ3) is 7.44. The fourth-order valence-electron chi connectivity index (χ4n) is 3.46. The Morgan fingerprint density at radius 1 is 1.26 bits per heavy atom. The van der Waals surface area contributed by atoms with Gasteiger partial charge < -0.3 is 19.5 Å². The average molecular weight is 450 g/mol. The molecule has 11 heteroatoms. The van der Waals surface area contributed by atoms with E-state index in [2.05, 4.69) is 4.90 Å². The minimum absolute atomic E-state index is 0.00848. The van der Waals surface area contributed by atoms with Gasteiger partial charge in [0.1, 0.15) is 18.5 Å². The second-order valence-corrected chi connectivity index (χ2v) is 7.54. The molecule has 0 bridgehead atoms. The number of ether oxygens (including phenoxy) is 2. The molecule has 3 rings (SSSR count). The first kappa shape index (κ1) is 25.0. The van der Waals surface area contributed by atoms with Gasteiger partial charge in [-0.2, -0.15) is 13.2 Å². The molecule has 1 amide bonds. The molecule has 2 heterocycles. The van der Waals surface area contributed by atoms with Crippen LogP contribution in [0, 0.1) is 5.82 Å². The number of benzene rings is 1. The Morgan fingerprint density at radius 3 is 2.42 bits per heavy atom. The number of likely N-dealkylation sites (tertiary alicyclic amines) is 1. The molecule has 31 heavy (non-hydrogen) atoms. The minimum Gasteiger partial charge on any atom is -0.475 e. The normalized spacial score (nSPS) is 23.5. The molecule has 7 nitrogen and oxygen atoms in total. The molecule has 1 aromatic carbocycles. The van der Waals surface area contributed by atoms with Crippen molar-refractivity contribution in [3.63, 3.8) is 0 Å². The van der Waals surface area contributed by atoms with Crippen molar-refractivity contribution in [2.75, 3.05) is 33.9 Å². The number of carbonyl (C=O) groups excluding carboxylic acids is 1. The Bertz CT molecular complexity index is 742. The summed E-state index contributed by atoms with van der Waals surface area (Å²) in [7, 11) is 3.45. The molecule has 0 aliphatic carbocycles. The number of halogens is 4. The number of fused-ring (bicyclic) bond motifs is 1. The number of rotatable bonds is 5. The van der Waals surface area contributed by atoms with Gasteiger partial charge in [-0.25, -0.2) is 9.18 Å². The second kappa shape index (κ2) is 10.9. The van der Waals surface area contributed by atoms with Gasteiger partial charge in [0.25, 0.3) is 0 Å². The van der Waals surface area contributed by atoms with Crippen LogP contribution >= 0.6 is 0 Å². The van der Waals surface area contributed by atoms with E-state index in [0.717, 1.165) is 38.1 Å². The number of carbonyl (C=O) groups is 2. The molecular weight excluding hydrogens is 424 g/mol. The van der Waals surface area contributed by atoms with E-state index in [9.17, 15) is 22.4 Å². The van der Waals surface area contributed by atoms with Crippen molar-refractivity contribution in [1.82, 2.24) is 9.80 Å². The van der Waals surface area contributed by atoms with E-state index in [0.29, 0.717) is 6.04 Å². The largest absolute Gasteiger partial charge is 0.490 e. The van der Waals surface area contributed by atoms with Crippen molar-refractivity contribution in [1.29, 1.82) is 0 Å². The predicted octanol–water partition coefficient (Wildman–Crippen LogP) is 2.30. The molecule has 0 aromatic heterocycles. The highest BCUT2D eigenvalue weighted by atomic mass is 19.4. The third-order valence-corrected chi connectivity index (χ3v) is 5.04. The summed E-state index contributed by atoms with van der Waals surface area (Å²) in [5, 5.41) is 7.12. The van der Waals surface area contributed by atoms with E-state index in [1.165, 1.54) is 17.0 Å². The highest BCUT2D eigenvalue weighted by Crippen LogP contribution is 2.31. The van der Waals surface area contributed by atoms with Crippen molar-refractivity contribution < 1.29 is 41.7 Å². The molecule has 0 saturated carbocycles. The molecular formula is C20H26F4N2O5. The van der Waals surface area contributed by atoms with Crippen LogP contribution < -0.4 is 0 Å². The van der Waals surface area contributed by atoms with Crippen molar-refractivity contribution in [3.05, 3.63) is 35.6 Å². The van der Waals surface area contributed by atoms with Gasteiger partial charge in [0.15, 0.2) is 0 Å². The van der Waals surface area contributed by atoms with Crippen molar-refractivity contribution >= 4 is 11.9 Å². The van der Waals surface area contributed by atoms with Gasteiger partial charge in [0.2, 0.25) is 5.91 Å². The van der Waals surface area contributed by atoms with Crippen molar-refractivity contribution in [2.45, 2.75) is 43.8 Å². The van der Waals surface area contributed by atoms with E-state index in [1.54, 1.807) is 14.1 Å². The molecule has 174 valence electrons. The lowest BCUT2D eigenvalue weighted by Gasteiger charge is -2.32.